The molecule has 2 atom stereocenters. The summed E-state index contributed by atoms with van der Waals surface area (Å²) in [4.78, 5) is 48.8. The fourth-order valence-electron chi connectivity index (χ4n) is 4.37. The highest BCUT2D eigenvalue weighted by atomic mass is 16.2. The van der Waals surface area contributed by atoms with Gasteiger partial charge >= 0.3 is 0 Å². The first-order valence-corrected chi connectivity index (χ1v) is 15.3. The molecule has 11 nitrogen and oxygen atoms in total. The van der Waals surface area contributed by atoms with Gasteiger partial charge in [-0.1, -0.05) is 38.5 Å². The van der Waals surface area contributed by atoms with E-state index in [0.29, 0.717) is 38.8 Å². The number of nitrogens with two attached hydrogens (primary N) is 2. The number of carbonyl (C=O) groups is 4. The van der Waals surface area contributed by atoms with Crippen LogP contribution in [0.4, 0.5) is 0 Å². The van der Waals surface area contributed by atoms with Crippen molar-refractivity contribution in [3.63, 3.8) is 0 Å². The SMILES string of the molecule is NCCCCCCCC(=O)NC(CCCC[NH3+])C(=O)NCCCCCCCC(=O)NC(CCCC[NH3+])C(N)=O. The van der Waals surface area contributed by atoms with Gasteiger partial charge in [0.15, 0.2) is 0 Å². The van der Waals surface area contributed by atoms with Crippen molar-refractivity contribution < 1.29 is 30.6 Å². The second kappa shape index (κ2) is 26.0. The van der Waals surface area contributed by atoms with E-state index in [1.807, 2.05) is 0 Å². The highest BCUT2D eigenvalue weighted by Gasteiger charge is 2.20. The second-order valence-electron chi connectivity index (χ2n) is 10.5. The molecule has 0 heterocycles. The minimum absolute atomic E-state index is 0.0620. The molecular weight excluding hydrogens is 498 g/mol. The van der Waals surface area contributed by atoms with Crippen molar-refractivity contribution >= 4 is 23.6 Å². The maximum Gasteiger partial charge on any atom is 0.242 e. The van der Waals surface area contributed by atoms with Gasteiger partial charge in [0.1, 0.15) is 12.1 Å². The van der Waals surface area contributed by atoms with Gasteiger partial charge < -0.3 is 38.9 Å². The molecule has 0 rings (SSSR count). The van der Waals surface area contributed by atoms with Crippen LogP contribution in [0.15, 0.2) is 0 Å². The lowest BCUT2D eigenvalue weighted by Gasteiger charge is -2.18. The first kappa shape index (κ1) is 36.8. The maximum atomic E-state index is 12.7. The summed E-state index contributed by atoms with van der Waals surface area (Å²) >= 11 is 0. The summed E-state index contributed by atoms with van der Waals surface area (Å²) in [6.07, 6.45) is 14.9. The van der Waals surface area contributed by atoms with Gasteiger partial charge in [-0.3, -0.25) is 19.2 Å². The Hall–Kier alpha value is -2.24. The fraction of sp³-hybridized carbons (Fsp3) is 0.857. The van der Waals surface area contributed by atoms with Crippen LogP contribution in [-0.2, 0) is 19.2 Å². The van der Waals surface area contributed by atoms with E-state index in [9.17, 15) is 19.2 Å². The molecule has 0 saturated carbocycles. The molecule has 0 aromatic rings. The van der Waals surface area contributed by atoms with Gasteiger partial charge in [0, 0.05) is 19.4 Å². The van der Waals surface area contributed by atoms with Crippen molar-refractivity contribution in [3.8, 4) is 0 Å². The zero-order valence-corrected chi connectivity index (χ0v) is 24.4. The highest BCUT2D eigenvalue weighted by Crippen LogP contribution is 2.08. The van der Waals surface area contributed by atoms with Gasteiger partial charge in [0.25, 0.3) is 0 Å². The summed E-state index contributed by atoms with van der Waals surface area (Å²) < 4.78 is 0. The Labute approximate surface area is 235 Å². The monoisotopic (exact) mass is 557 g/mol. The lowest BCUT2D eigenvalue weighted by Crippen LogP contribution is -2.50. The third kappa shape index (κ3) is 22.3. The topological polar surface area (TPSA) is 212 Å². The summed E-state index contributed by atoms with van der Waals surface area (Å²) in [5, 5.41) is 8.65. The van der Waals surface area contributed by atoms with E-state index in [-0.39, 0.29) is 17.7 Å². The molecule has 39 heavy (non-hydrogen) atoms. The van der Waals surface area contributed by atoms with Crippen LogP contribution in [-0.4, -0.2) is 61.9 Å². The van der Waals surface area contributed by atoms with Crippen LogP contribution in [0.5, 0.6) is 0 Å². The van der Waals surface area contributed by atoms with E-state index in [1.54, 1.807) is 0 Å². The predicted molar refractivity (Wildman–Crippen MR) is 154 cm³/mol. The fourth-order valence-corrected chi connectivity index (χ4v) is 4.37. The van der Waals surface area contributed by atoms with E-state index in [1.165, 1.54) is 0 Å². The van der Waals surface area contributed by atoms with Gasteiger partial charge in [-0.15, -0.1) is 0 Å². The quantitative estimate of drug-likeness (QED) is 0.0694. The number of amides is 4. The summed E-state index contributed by atoms with van der Waals surface area (Å²) in [5.41, 5.74) is 18.5. The first-order chi connectivity index (χ1) is 18.8. The molecule has 0 aromatic heterocycles. The van der Waals surface area contributed by atoms with Crippen molar-refractivity contribution in [1.29, 1.82) is 0 Å². The van der Waals surface area contributed by atoms with E-state index < -0.39 is 18.0 Å². The van der Waals surface area contributed by atoms with E-state index >= 15 is 0 Å². The van der Waals surface area contributed by atoms with E-state index in [4.69, 9.17) is 11.5 Å². The van der Waals surface area contributed by atoms with Crippen molar-refractivity contribution in [2.45, 2.75) is 128 Å². The van der Waals surface area contributed by atoms with Crippen LogP contribution in [0.25, 0.3) is 0 Å². The normalized spacial score (nSPS) is 12.5. The summed E-state index contributed by atoms with van der Waals surface area (Å²) in [6.45, 7) is 2.89. The molecule has 4 amide bonds. The molecule has 0 fully saturated rings. The van der Waals surface area contributed by atoms with Crippen molar-refractivity contribution in [1.82, 2.24) is 16.0 Å². The smallest absolute Gasteiger partial charge is 0.242 e. The average molecular weight is 558 g/mol. The van der Waals surface area contributed by atoms with Crippen LogP contribution < -0.4 is 38.9 Å². The Morgan fingerprint density at radius 1 is 0.590 bits per heavy atom. The lowest BCUT2D eigenvalue weighted by molar-refractivity contribution is -0.368. The summed E-state index contributed by atoms with van der Waals surface area (Å²) in [5.74, 6) is -0.814. The molecule has 0 aliphatic rings. The largest absolute Gasteiger partial charge is 0.368 e. The number of primary amides is 1. The van der Waals surface area contributed by atoms with E-state index in [0.717, 1.165) is 103 Å². The van der Waals surface area contributed by atoms with E-state index in [2.05, 4.69) is 27.4 Å². The Balaban J connectivity index is 4.13. The number of carbonyl (C=O) groups excluding carboxylic acids is 4. The molecule has 228 valence electrons. The predicted octanol–water partition coefficient (Wildman–Crippen LogP) is 0.0218. The van der Waals surface area contributed by atoms with Gasteiger partial charge in [-0.25, -0.2) is 0 Å². The summed E-state index contributed by atoms with van der Waals surface area (Å²) in [7, 11) is 0. The minimum Gasteiger partial charge on any atom is -0.368 e. The molecule has 13 N–H and O–H groups in total. The maximum absolute atomic E-state index is 12.7. The Bertz CT molecular complexity index is 664. The van der Waals surface area contributed by atoms with Crippen LogP contribution in [0, 0.1) is 0 Å². The number of nitrogens with one attached hydrogen (secondary N) is 3. The molecular formula is C28H59N7O4+2. The minimum atomic E-state index is -0.605. The zero-order chi connectivity index (χ0) is 29.1. The van der Waals surface area contributed by atoms with Crippen LogP contribution >= 0.6 is 0 Å². The molecule has 2 unspecified atom stereocenters. The molecule has 0 spiro atoms. The van der Waals surface area contributed by atoms with Crippen LogP contribution in [0.1, 0.15) is 116 Å². The lowest BCUT2D eigenvalue weighted by atomic mass is 10.1. The average Bonchev–Trinajstić information content (AvgIpc) is 2.90. The standard InChI is InChI=1S/C28H57N7O4/c29-19-11-5-1-3-7-18-26(37)35-24(16-10-13-21-31)28(39)33-22-14-6-2-4-8-17-25(36)34-23(27(32)38)15-9-12-20-30/h23-24H,1-22,29-31H2,(H2,32,38)(H,33,39)(H,34,36)(H,35,37)/p+2. The van der Waals surface area contributed by atoms with Gasteiger partial charge in [-0.05, 0) is 70.8 Å². The third-order valence-corrected chi connectivity index (χ3v) is 6.80. The van der Waals surface area contributed by atoms with Gasteiger partial charge in [0.2, 0.25) is 23.6 Å². The molecule has 0 aliphatic heterocycles. The van der Waals surface area contributed by atoms with Gasteiger partial charge in [0.05, 0.1) is 13.1 Å². The van der Waals surface area contributed by atoms with Crippen molar-refractivity contribution in [2.24, 2.45) is 11.5 Å². The Kier molecular flexibility index (Phi) is 24.5. The van der Waals surface area contributed by atoms with Crippen LogP contribution in [0.3, 0.4) is 0 Å². The van der Waals surface area contributed by atoms with Crippen molar-refractivity contribution in [2.75, 3.05) is 26.2 Å². The number of hydrogen-bond donors (Lipinski definition) is 7. The molecule has 0 bridgehead atoms. The van der Waals surface area contributed by atoms with Crippen LogP contribution in [0.2, 0.25) is 0 Å². The zero-order valence-electron chi connectivity index (χ0n) is 24.4. The molecule has 0 saturated heterocycles. The number of quaternary nitrogens is 2. The molecule has 11 heteroatoms. The molecule has 0 aliphatic carbocycles. The molecule has 0 aromatic carbocycles. The second-order valence-corrected chi connectivity index (χ2v) is 10.5. The first-order valence-electron chi connectivity index (χ1n) is 15.3. The highest BCUT2D eigenvalue weighted by molar-refractivity contribution is 5.87. The Morgan fingerprint density at radius 2 is 1.05 bits per heavy atom. The summed E-state index contributed by atoms with van der Waals surface area (Å²) in [6, 6.07) is -1.10. The number of hydrogen-bond acceptors (Lipinski definition) is 5. The number of unbranched alkanes of at least 4 members (excludes halogenated alkanes) is 10. The molecule has 0 radical (unpaired) electrons. The third-order valence-electron chi connectivity index (χ3n) is 6.80. The van der Waals surface area contributed by atoms with Crippen molar-refractivity contribution in [3.05, 3.63) is 0 Å². The van der Waals surface area contributed by atoms with Gasteiger partial charge in [-0.2, -0.15) is 0 Å². The Morgan fingerprint density at radius 3 is 1.56 bits per heavy atom. The number of rotatable bonds is 27.